The number of nitrogens with zero attached hydrogens (tertiary/aromatic N) is 2. The zero-order chi connectivity index (χ0) is 17.0. The lowest BCUT2D eigenvalue weighted by Crippen LogP contribution is -2.47. The van der Waals surface area contributed by atoms with Crippen molar-refractivity contribution in [1.29, 1.82) is 0 Å². The molecule has 1 aliphatic rings. The summed E-state index contributed by atoms with van der Waals surface area (Å²) >= 11 is 0. The van der Waals surface area contributed by atoms with E-state index in [2.05, 4.69) is 0 Å². The number of carbonyl (C=O) groups is 1. The molecular weight excluding hydrogens is 298 g/mol. The Balaban J connectivity index is 2.29. The third-order valence-corrected chi connectivity index (χ3v) is 3.93. The number of likely N-dealkylation sites (tertiary alicyclic amines) is 1. The van der Waals surface area contributed by atoms with Gasteiger partial charge in [0, 0.05) is 24.2 Å². The van der Waals surface area contributed by atoms with E-state index < -0.39 is 4.92 Å². The van der Waals surface area contributed by atoms with Crippen LogP contribution in [0.2, 0.25) is 0 Å². The quantitative estimate of drug-likeness (QED) is 0.640. The normalized spacial score (nSPS) is 18.8. The van der Waals surface area contributed by atoms with Crippen LogP contribution >= 0.6 is 0 Å². The van der Waals surface area contributed by atoms with Gasteiger partial charge in [0.1, 0.15) is 5.75 Å². The minimum absolute atomic E-state index is 0.0174. The Morgan fingerprint density at radius 2 is 2.22 bits per heavy atom. The Kier molecular flexibility index (Phi) is 5.54. The van der Waals surface area contributed by atoms with Gasteiger partial charge in [0.25, 0.3) is 5.69 Å². The van der Waals surface area contributed by atoms with Gasteiger partial charge in [-0.1, -0.05) is 6.42 Å². The highest BCUT2D eigenvalue weighted by Gasteiger charge is 2.28. The average molecular weight is 321 g/mol. The first-order valence-corrected chi connectivity index (χ1v) is 7.86. The molecule has 23 heavy (non-hydrogen) atoms. The molecule has 7 nitrogen and oxygen atoms in total. The molecule has 0 aliphatic carbocycles. The van der Waals surface area contributed by atoms with E-state index in [1.54, 1.807) is 6.07 Å². The molecule has 1 aliphatic heterocycles. The number of carbonyl (C=O) groups excluding carboxylic acids is 1. The highest BCUT2D eigenvalue weighted by Crippen LogP contribution is 2.28. The Morgan fingerprint density at radius 3 is 2.83 bits per heavy atom. The van der Waals surface area contributed by atoms with Gasteiger partial charge in [0.15, 0.2) is 0 Å². The molecule has 2 N–H and O–H groups in total. The van der Waals surface area contributed by atoms with Gasteiger partial charge in [-0.05, 0) is 39.3 Å². The summed E-state index contributed by atoms with van der Waals surface area (Å²) in [7, 11) is 0. The second-order valence-electron chi connectivity index (χ2n) is 6.10. The van der Waals surface area contributed by atoms with Crippen molar-refractivity contribution in [3.63, 3.8) is 0 Å². The van der Waals surface area contributed by atoms with Gasteiger partial charge in [-0.15, -0.1) is 0 Å². The molecule has 7 heteroatoms. The maximum absolute atomic E-state index is 11.6. The Labute approximate surface area is 135 Å². The summed E-state index contributed by atoms with van der Waals surface area (Å²) in [5, 5.41) is 11.0. The molecular formula is C16H23N3O4. The summed E-state index contributed by atoms with van der Waals surface area (Å²) in [4.78, 5) is 24.2. The Bertz CT molecular complexity index is 589. The second-order valence-corrected chi connectivity index (χ2v) is 6.10. The van der Waals surface area contributed by atoms with Gasteiger partial charge < -0.3 is 10.5 Å². The molecule has 1 amide bonds. The number of nitro benzene ring substituents is 1. The lowest BCUT2D eigenvalue weighted by molar-refractivity contribution is -0.385. The summed E-state index contributed by atoms with van der Waals surface area (Å²) < 4.78 is 5.75. The van der Waals surface area contributed by atoms with E-state index >= 15 is 0 Å². The number of ether oxygens (including phenoxy) is 1. The zero-order valence-corrected chi connectivity index (χ0v) is 13.5. The SMILES string of the molecule is CC(C)Oc1ccc([N+](=O)[O-])cc1CN1CCCC[C@H]1C(N)=O. The largest absolute Gasteiger partial charge is 0.491 e. The van der Waals surface area contributed by atoms with E-state index in [0.29, 0.717) is 17.9 Å². The summed E-state index contributed by atoms with van der Waals surface area (Å²) in [5.41, 5.74) is 6.21. The van der Waals surface area contributed by atoms with Crippen molar-refractivity contribution in [3.8, 4) is 5.75 Å². The minimum atomic E-state index is -0.426. The van der Waals surface area contributed by atoms with Gasteiger partial charge in [-0.25, -0.2) is 0 Å². The van der Waals surface area contributed by atoms with Crippen LogP contribution in [-0.4, -0.2) is 34.4 Å². The molecule has 0 radical (unpaired) electrons. The molecule has 1 aromatic carbocycles. The maximum Gasteiger partial charge on any atom is 0.270 e. The van der Waals surface area contributed by atoms with Crippen molar-refractivity contribution in [1.82, 2.24) is 4.90 Å². The summed E-state index contributed by atoms with van der Waals surface area (Å²) in [6, 6.07) is 4.25. The van der Waals surface area contributed by atoms with Crippen molar-refractivity contribution >= 4 is 11.6 Å². The molecule has 0 aromatic heterocycles. The zero-order valence-electron chi connectivity index (χ0n) is 13.5. The lowest BCUT2D eigenvalue weighted by atomic mass is 10.0. The lowest BCUT2D eigenvalue weighted by Gasteiger charge is -2.34. The van der Waals surface area contributed by atoms with Gasteiger partial charge in [0.2, 0.25) is 5.91 Å². The number of non-ortho nitro benzene ring substituents is 1. The summed E-state index contributed by atoms with van der Waals surface area (Å²) in [6.45, 7) is 4.96. The molecule has 126 valence electrons. The van der Waals surface area contributed by atoms with Crippen LogP contribution in [0.25, 0.3) is 0 Å². The van der Waals surface area contributed by atoms with E-state index in [1.165, 1.54) is 12.1 Å². The first kappa shape index (κ1) is 17.2. The van der Waals surface area contributed by atoms with E-state index in [0.717, 1.165) is 25.8 Å². The fraction of sp³-hybridized carbons (Fsp3) is 0.562. The first-order chi connectivity index (χ1) is 10.9. The highest BCUT2D eigenvalue weighted by atomic mass is 16.6. The summed E-state index contributed by atoms with van der Waals surface area (Å²) in [6.07, 6.45) is 2.64. The minimum Gasteiger partial charge on any atom is -0.491 e. The molecule has 0 spiro atoms. The third-order valence-electron chi connectivity index (χ3n) is 3.93. The number of amides is 1. The van der Waals surface area contributed by atoms with E-state index in [9.17, 15) is 14.9 Å². The molecule has 2 rings (SSSR count). The predicted molar refractivity (Wildman–Crippen MR) is 86.1 cm³/mol. The van der Waals surface area contributed by atoms with E-state index in [-0.39, 0.29) is 23.7 Å². The number of hydrogen-bond donors (Lipinski definition) is 1. The van der Waals surface area contributed by atoms with Crippen LogP contribution in [0, 0.1) is 10.1 Å². The average Bonchev–Trinajstić information content (AvgIpc) is 2.48. The van der Waals surface area contributed by atoms with Crippen LogP contribution in [0.1, 0.15) is 38.7 Å². The van der Waals surface area contributed by atoms with Gasteiger partial charge in [-0.3, -0.25) is 19.8 Å². The van der Waals surface area contributed by atoms with Crippen molar-refractivity contribution in [2.24, 2.45) is 5.73 Å². The van der Waals surface area contributed by atoms with Crippen LogP contribution < -0.4 is 10.5 Å². The number of nitro groups is 1. The maximum atomic E-state index is 11.6. The van der Waals surface area contributed by atoms with Gasteiger partial charge in [-0.2, -0.15) is 0 Å². The Morgan fingerprint density at radius 1 is 1.48 bits per heavy atom. The van der Waals surface area contributed by atoms with Crippen molar-refractivity contribution in [2.45, 2.75) is 51.8 Å². The number of nitrogens with two attached hydrogens (primary N) is 1. The van der Waals surface area contributed by atoms with Gasteiger partial charge in [0.05, 0.1) is 17.1 Å². The topological polar surface area (TPSA) is 98.7 Å². The molecule has 1 saturated heterocycles. The number of primary amides is 1. The smallest absolute Gasteiger partial charge is 0.270 e. The number of piperidine rings is 1. The molecule has 0 unspecified atom stereocenters. The van der Waals surface area contributed by atoms with Crippen molar-refractivity contribution in [3.05, 3.63) is 33.9 Å². The second kappa shape index (κ2) is 7.41. The number of hydrogen-bond acceptors (Lipinski definition) is 5. The van der Waals surface area contributed by atoms with E-state index in [4.69, 9.17) is 10.5 Å². The fourth-order valence-electron chi connectivity index (χ4n) is 2.89. The number of rotatable bonds is 6. The van der Waals surface area contributed by atoms with Crippen molar-refractivity contribution < 1.29 is 14.5 Å². The molecule has 1 heterocycles. The monoisotopic (exact) mass is 321 g/mol. The van der Waals surface area contributed by atoms with Gasteiger partial charge >= 0.3 is 0 Å². The van der Waals surface area contributed by atoms with Crippen LogP contribution in [0.5, 0.6) is 5.75 Å². The fourth-order valence-corrected chi connectivity index (χ4v) is 2.89. The predicted octanol–water partition coefficient (Wildman–Crippen LogP) is 2.22. The van der Waals surface area contributed by atoms with Crippen LogP contribution in [0.15, 0.2) is 18.2 Å². The number of benzene rings is 1. The molecule has 0 bridgehead atoms. The molecule has 1 atom stereocenters. The third kappa shape index (κ3) is 4.41. The van der Waals surface area contributed by atoms with Crippen LogP contribution in [0.3, 0.4) is 0 Å². The van der Waals surface area contributed by atoms with E-state index in [1.807, 2.05) is 18.7 Å². The van der Waals surface area contributed by atoms with Crippen LogP contribution in [0.4, 0.5) is 5.69 Å². The summed E-state index contributed by atoms with van der Waals surface area (Å²) in [5.74, 6) is 0.265. The molecule has 0 saturated carbocycles. The van der Waals surface area contributed by atoms with Crippen molar-refractivity contribution in [2.75, 3.05) is 6.54 Å². The Hall–Kier alpha value is -2.15. The molecule has 1 fully saturated rings. The van der Waals surface area contributed by atoms with Crippen LogP contribution in [-0.2, 0) is 11.3 Å². The molecule has 1 aromatic rings. The highest BCUT2D eigenvalue weighted by molar-refractivity contribution is 5.79. The standard InChI is InChI=1S/C16H23N3O4/c1-11(2)23-15-7-6-13(19(21)22)9-12(15)10-18-8-4-3-5-14(18)16(17)20/h6-7,9,11,14H,3-5,8,10H2,1-2H3,(H2,17,20)/t14-/m0/s1. The first-order valence-electron chi connectivity index (χ1n) is 7.86.